The molecule has 1 aliphatic rings. The monoisotopic (exact) mass is 241 g/mol. The first-order valence-corrected chi connectivity index (χ1v) is 5.39. The van der Waals surface area contributed by atoms with Crippen molar-refractivity contribution in [2.75, 3.05) is 18.4 Å². The highest BCUT2D eigenvalue weighted by Gasteiger charge is 2.18. The number of benzene rings is 1. The molecule has 2 amide bonds. The molecule has 0 saturated carbocycles. The Bertz CT molecular complexity index is 399. The minimum atomic E-state index is -0.787. The van der Waals surface area contributed by atoms with Crippen molar-refractivity contribution in [3.8, 4) is 0 Å². The molecular weight excluding hydrogens is 228 g/mol. The smallest absolute Gasteiger partial charge is 0.319 e. The van der Waals surface area contributed by atoms with Gasteiger partial charge >= 0.3 is 6.03 Å². The summed E-state index contributed by atoms with van der Waals surface area (Å²) < 4.78 is 26.5. The van der Waals surface area contributed by atoms with Crippen molar-refractivity contribution in [3.63, 3.8) is 0 Å². The largest absolute Gasteiger partial charge is 0.334 e. The molecule has 1 fully saturated rings. The van der Waals surface area contributed by atoms with Gasteiger partial charge in [0.15, 0.2) is 0 Å². The van der Waals surface area contributed by atoms with Crippen LogP contribution >= 0.6 is 0 Å². The highest BCUT2D eigenvalue weighted by atomic mass is 19.1. The molecule has 1 aliphatic heterocycles. The highest BCUT2D eigenvalue weighted by molar-refractivity contribution is 5.89. The maximum Gasteiger partial charge on any atom is 0.319 e. The van der Waals surface area contributed by atoms with Gasteiger partial charge in [0, 0.05) is 12.6 Å². The van der Waals surface area contributed by atoms with E-state index in [4.69, 9.17) is 0 Å². The molecule has 0 radical (unpaired) electrons. The Morgan fingerprint density at radius 2 is 2.06 bits per heavy atom. The zero-order valence-electron chi connectivity index (χ0n) is 9.09. The Hall–Kier alpha value is -1.69. The predicted octanol–water partition coefficient (Wildman–Crippen LogP) is 1.45. The van der Waals surface area contributed by atoms with E-state index in [0.29, 0.717) is 6.54 Å². The number of hydrogen-bond donors (Lipinski definition) is 3. The van der Waals surface area contributed by atoms with Crippen LogP contribution in [0.2, 0.25) is 0 Å². The maximum atomic E-state index is 13.2. The van der Waals surface area contributed by atoms with E-state index >= 15 is 0 Å². The van der Waals surface area contributed by atoms with Crippen molar-refractivity contribution in [1.82, 2.24) is 10.6 Å². The van der Waals surface area contributed by atoms with E-state index in [1.165, 1.54) is 6.07 Å². The van der Waals surface area contributed by atoms with Crippen LogP contribution in [-0.4, -0.2) is 25.2 Å². The van der Waals surface area contributed by atoms with E-state index in [2.05, 4.69) is 16.0 Å². The molecule has 2 rings (SSSR count). The van der Waals surface area contributed by atoms with Crippen molar-refractivity contribution in [1.29, 1.82) is 0 Å². The molecule has 0 bridgehead atoms. The second kappa shape index (κ2) is 5.09. The Morgan fingerprint density at radius 3 is 2.65 bits per heavy atom. The number of carbonyl (C=O) groups is 1. The first-order valence-electron chi connectivity index (χ1n) is 5.39. The Morgan fingerprint density at radius 1 is 1.35 bits per heavy atom. The maximum absolute atomic E-state index is 13.2. The third-order valence-corrected chi connectivity index (χ3v) is 2.60. The Labute approximate surface area is 97.4 Å². The first kappa shape index (κ1) is 11.8. The van der Waals surface area contributed by atoms with E-state index in [0.717, 1.165) is 25.1 Å². The van der Waals surface area contributed by atoms with Crippen molar-refractivity contribution < 1.29 is 13.6 Å². The lowest BCUT2D eigenvalue weighted by atomic mass is 10.2. The van der Waals surface area contributed by atoms with Crippen molar-refractivity contribution in [3.05, 3.63) is 29.8 Å². The minimum absolute atomic E-state index is 0.00448. The van der Waals surface area contributed by atoms with E-state index < -0.39 is 23.4 Å². The molecule has 1 aromatic rings. The molecule has 92 valence electrons. The number of amides is 2. The van der Waals surface area contributed by atoms with Gasteiger partial charge in [0.25, 0.3) is 0 Å². The van der Waals surface area contributed by atoms with Gasteiger partial charge in [-0.05, 0) is 25.1 Å². The lowest BCUT2D eigenvalue weighted by molar-refractivity contribution is 0.249. The standard InChI is InChI=1S/C11H13F2N3O/c12-8-2-1-3-9(13)10(8)16-11(17)15-7-4-5-14-6-7/h1-3,7,14H,4-6H2,(H2,15,16,17)/t7-/m0/s1. The number of rotatable bonds is 2. The summed E-state index contributed by atoms with van der Waals surface area (Å²) in [5.74, 6) is -1.57. The summed E-state index contributed by atoms with van der Waals surface area (Å²) in [5, 5.41) is 7.89. The molecule has 1 saturated heterocycles. The summed E-state index contributed by atoms with van der Waals surface area (Å²) >= 11 is 0. The number of para-hydroxylation sites is 1. The van der Waals surface area contributed by atoms with Gasteiger partial charge in [0.05, 0.1) is 0 Å². The van der Waals surface area contributed by atoms with Gasteiger partial charge in [-0.15, -0.1) is 0 Å². The van der Waals surface area contributed by atoms with Crippen molar-refractivity contribution >= 4 is 11.7 Å². The normalized spacial score (nSPS) is 19.1. The molecule has 4 nitrogen and oxygen atoms in total. The van der Waals surface area contributed by atoms with Crippen LogP contribution < -0.4 is 16.0 Å². The average Bonchev–Trinajstić information content (AvgIpc) is 2.76. The summed E-state index contributed by atoms with van der Waals surface area (Å²) in [4.78, 5) is 11.5. The summed E-state index contributed by atoms with van der Waals surface area (Å²) in [6.45, 7) is 1.51. The van der Waals surface area contributed by atoms with E-state index in [1.807, 2.05) is 0 Å². The molecule has 1 heterocycles. The van der Waals surface area contributed by atoms with Crippen LogP contribution in [0, 0.1) is 11.6 Å². The number of halogens is 2. The lowest BCUT2D eigenvalue weighted by Gasteiger charge is -2.13. The predicted molar refractivity (Wildman–Crippen MR) is 59.8 cm³/mol. The van der Waals surface area contributed by atoms with Crippen molar-refractivity contribution in [2.45, 2.75) is 12.5 Å². The highest BCUT2D eigenvalue weighted by Crippen LogP contribution is 2.17. The zero-order valence-corrected chi connectivity index (χ0v) is 9.09. The topological polar surface area (TPSA) is 53.2 Å². The molecule has 17 heavy (non-hydrogen) atoms. The summed E-state index contributed by atoms with van der Waals surface area (Å²) in [6, 6.07) is 2.84. The van der Waals surface area contributed by atoms with Crippen LogP contribution in [0.15, 0.2) is 18.2 Å². The minimum Gasteiger partial charge on any atom is -0.334 e. The zero-order chi connectivity index (χ0) is 12.3. The van der Waals surface area contributed by atoms with Crippen LogP contribution in [0.5, 0.6) is 0 Å². The quantitative estimate of drug-likeness (QED) is 0.734. The molecule has 0 aliphatic carbocycles. The fraction of sp³-hybridized carbons (Fsp3) is 0.364. The molecule has 0 aromatic heterocycles. The molecule has 1 aromatic carbocycles. The first-order chi connectivity index (χ1) is 8.16. The van der Waals surface area contributed by atoms with Gasteiger partial charge < -0.3 is 16.0 Å². The number of hydrogen-bond acceptors (Lipinski definition) is 2. The second-order valence-electron chi connectivity index (χ2n) is 3.88. The van der Waals surface area contributed by atoms with Gasteiger partial charge in [-0.2, -0.15) is 0 Å². The van der Waals surface area contributed by atoms with E-state index in [-0.39, 0.29) is 6.04 Å². The summed E-state index contributed by atoms with van der Waals surface area (Å²) in [7, 11) is 0. The molecular formula is C11H13F2N3O. The van der Waals surface area contributed by atoms with Crippen LogP contribution in [0.4, 0.5) is 19.3 Å². The molecule has 3 N–H and O–H groups in total. The molecule has 1 atom stereocenters. The third kappa shape index (κ3) is 2.91. The fourth-order valence-electron chi connectivity index (χ4n) is 1.73. The van der Waals surface area contributed by atoms with Gasteiger partial charge in [0.1, 0.15) is 17.3 Å². The lowest BCUT2D eigenvalue weighted by Crippen LogP contribution is -2.39. The van der Waals surface area contributed by atoms with Crippen LogP contribution in [-0.2, 0) is 0 Å². The van der Waals surface area contributed by atoms with Crippen LogP contribution in [0.25, 0.3) is 0 Å². The second-order valence-corrected chi connectivity index (χ2v) is 3.88. The van der Waals surface area contributed by atoms with Gasteiger partial charge in [-0.3, -0.25) is 0 Å². The molecule has 6 heteroatoms. The number of nitrogens with one attached hydrogen (secondary N) is 3. The fourth-order valence-corrected chi connectivity index (χ4v) is 1.73. The van der Waals surface area contributed by atoms with Crippen LogP contribution in [0.3, 0.4) is 0 Å². The van der Waals surface area contributed by atoms with Gasteiger partial charge in [0.2, 0.25) is 0 Å². The third-order valence-electron chi connectivity index (χ3n) is 2.60. The number of urea groups is 1. The summed E-state index contributed by atoms with van der Waals surface area (Å²) in [6.07, 6.45) is 0.813. The average molecular weight is 241 g/mol. The van der Waals surface area contributed by atoms with E-state index in [1.54, 1.807) is 0 Å². The number of carbonyl (C=O) groups excluding carboxylic acids is 1. The van der Waals surface area contributed by atoms with E-state index in [9.17, 15) is 13.6 Å². The Balaban J connectivity index is 1.97. The summed E-state index contributed by atoms with van der Waals surface area (Å²) in [5.41, 5.74) is -0.420. The number of anilines is 1. The molecule has 0 unspecified atom stereocenters. The molecule has 0 spiro atoms. The van der Waals surface area contributed by atoms with Gasteiger partial charge in [-0.25, -0.2) is 13.6 Å². The van der Waals surface area contributed by atoms with Crippen LogP contribution in [0.1, 0.15) is 6.42 Å². The SMILES string of the molecule is O=C(Nc1c(F)cccc1F)N[C@H]1CCNC1. The Kier molecular flexibility index (Phi) is 3.53. The van der Waals surface area contributed by atoms with Gasteiger partial charge in [-0.1, -0.05) is 6.07 Å². The van der Waals surface area contributed by atoms with Crippen molar-refractivity contribution in [2.24, 2.45) is 0 Å².